The van der Waals surface area contributed by atoms with Gasteiger partial charge in [0.05, 0.1) is 0 Å². The number of nitrogens with zero attached hydrogens (tertiary/aromatic N) is 3. The Morgan fingerprint density at radius 1 is 1.30 bits per heavy atom. The van der Waals surface area contributed by atoms with Gasteiger partial charge in [-0.2, -0.15) is 0 Å². The number of halogens is 1. The van der Waals surface area contributed by atoms with Crippen molar-refractivity contribution in [1.82, 2.24) is 10.2 Å². The summed E-state index contributed by atoms with van der Waals surface area (Å²) in [4.78, 5) is 2.15. The van der Waals surface area contributed by atoms with Gasteiger partial charge < -0.3 is 4.90 Å². The predicted molar refractivity (Wildman–Crippen MR) is 81.8 cm³/mol. The lowest BCUT2D eigenvalue weighted by molar-refractivity contribution is 0.627. The first-order chi connectivity index (χ1) is 9.58. The van der Waals surface area contributed by atoms with Crippen LogP contribution in [0, 0.1) is 5.82 Å². The summed E-state index contributed by atoms with van der Waals surface area (Å²) < 4.78 is 12.9. The smallest absolute Gasteiger partial charge is 0.208 e. The largest absolute Gasteiger partial charge is 0.343 e. The van der Waals surface area contributed by atoms with Gasteiger partial charge in [0.1, 0.15) is 10.8 Å². The van der Waals surface area contributed by atoms with Crippen LogP contribution >= 0.6 is 11.3 Å². The summed E-state index contributed by atoms with van der Waals surface area (Å²) in [7, 11) is 0. The van der Waals surface area contributed by atoms with Crippen molar-refractivity contribution in [2.75, 3.05) is 18.0 Å². The van der Waals surface area contributed by atoms with E-state index >= 15 is 0 Å². The number of benzene rings is 1. The lowest BCUT2D eigenvalue weighted by Gasteiger charge is -2.18. The van der Waals surface area contributed by atoms with Crippen LogP contribution in [0.4, 0.5) is 9.52 Å². The molecule has 2 aromatic rings. The van der Waals surface area contributed by atoms with E-state index in [0.717, 1.165) is 34.4 Å². The van der Waals surface area contributed by atoms with Gasteiger partial charge in [0.25, 0.3) is 0 Å². The molecule has 0 atom stereocenters. The number of hydrogen-bond acceptors (Lipinski definition) is 4. The van der Waals surface area contributed by atoms with Gasteiger partial charge in [-0.05, 0) is 31.5 Å². The maximum Gasteiger partial charge on any atom is 0.208 e. The van der Waals surface area contributed by atoms with Crippen LogP contribution in [-0.2, 0) is 6.42 Å². The fourth-order valence-electron chi connectivity index (χ4n) is 1.86. The van der Waals surface area contributed by atoms with Crippen molar-refractivity contribution in [3.63, 3.8) is 0 Å². The predicted octanol–water partition coefficient (Wildman–Crippen LogP) is 3.67. The van der Waals surface area contributed by atoms with Crippen molar-refractivity contribution in [2.45, 2.75) is 20.3 Å². The summed E-state index contributed by atoms with van der Waals surface area (Å²) in [5.41, 5.74) is 2.14. The molecule has 106 valence electrons. The number of aromatic nitrogens is 2. The molecular weight excluding hydrogens is 273 g/mol. The van der Waals surface area contributed by atoms with Gasteiger partial charge >= 0.3 is 0 Å². The topological polar surface area (TPSA) is 29.0 Å². The Morgan fingerprint density at radius 2 is 2.00 bits per heavy atom. The van der Waals surface area contributed by atoms with Gasteiger partial charge in [-0.3, -0.25) is 0 Å². The second-order valence-corrected chi connectivity index (χ2v) is 5.79. The number of rotatable bonds is 6. The van der Waals surface area contributed by atoms with Crippen LogP contribution in [0.15, 0.2) is 36.4 Å². The van der Waals surface area contributed by atoms with Crippen molar-refractivity contribution >= 4 is 16.5 Å². The first-order valence-electron chi connectivity index (χ1n) is 6.54. The zero-order valence-corrected chi connectivity index (χ0v) is 12.6. The molecule has 1 aromatic carbocycles. The number of anilines is 1. The first kappa shape index (κ1) is 14.7. The van der Waals surface area contributed by atoms with Crippen LogP contribution in [0.5, 0.6) is 0 Å². The molecule has 0 bridgehead atoms. The molecule has 0 saturated heterocycles. The average molecular weight is 291 g/mol. The van der Waals surface area contributed by atoms with E-state index < -0.39 is 0 Å². The molecule has 1 aromatic heterocycles. The normalized spacial score (nSPS) is 10.6. The highest BCUT2D eigenvalue weighted by molar-refractivity contribution is 7.15. The summed E-state index contributed by atoms with van der Waals surface area (Å²) >= 11 is 1.58. The molecule has 0 N–H and O–H groups in total. The fourth-order valence-corrected chi connectivity index (χ4v) is 2.80. The summed E-state index contributed by atoms with van der Waals surface area (Å²) in [5, 5.41) is 10.3. The van der Waals surface area contributed by atoms with Gasteiger partial charge in [-0.25, -0.2) is 4.39 Å². The molecular formula is C15H18FN3S. The van der Waals surface area contributed by atoms with Crippen molar-refractivity contribution in [3.8, 4) is 0 Å². The Labute approximate surface area is 122 Å². The van der Waals surface area contributed by atoms with Crippen molar-refractivity contribution in [1.29, 1.82) is 0 Å². The monoisotopic (exact) mass is 291 g/mol. The maximum absolute atomic E-state index is 12.9. The van der Waals surface area contributed by atoms with Crippen LogP contribution in [0.3, 0.4) is 0 Å². The van der Waals surface area contributed by atoms with Gasteiger partial charge in [-0.15, -0.1) is 10.2 Å². The maximum atomic E-state index is 12.9. The van der Waals surface area contributed by atoms with Gasteiger partial charge in [0.2, 0.25) is 5.13 Å². The average Bonchev–Trinajstić information content (AvgIpc) is 2.87. The van der Waals surface area contributed by atoms with Gasteiger partial charge in [0, 0.05) is 19.5 Å². The van der Waals surface area contributed by atoms with Crippen LogP contribution in [-0.4, -0.2) is 23.3 Å². The molecule has 0 aliphatic carbocycles. The molecule has 1 heterocycles. The molecule has 0 amide bonds. The minimum absolute atomic E-state index is 0.217. The van der Waals surface area contributed by atoms with E-state index in [1.54, 1.807) is 23.5 Å². The van der Waals surface area contributed by atoms with E-state index in [4.69, 9.17) is 0 Å². The summed E-state index contributed by atoms with van der Waals surface area (Å²) in [6, 6.07) is 6.50. The Hall–Kier alpha value is -1.75. The zero-order valence-electron chi connectivity index (χ0n) is 11.8. The minimum atomic E-state index is -0.217. The molecule has 0 fully saturated rings. The molecule has 5 heteroatoms. The summed E-state index contributed by atoms with van der Waals surface area (Å²) in [6.45, 7) is 9.69. The standard InChI is InChI=1S/C15H18FN3S/c1-4-19(10-11(2)3)15-18-17-14(20-15)9-12-5-7-13(16)8-6-12/h5-8H,2,4,9-10H2,1,3H3. The van der Waals surface area contributed by atoms with Crippen LogP contribution < -0.4 is 4.90 Å². The lowest BCUT2D eigenvalue weighted by Crippen LogP contribution is -2.24. The van der Waals surface area contributed by atoms with E-state index in [2.05, 4.69) is 28.6 Å². The second kappa shape index (κ2) is 6.61. The molecule has 0 unspecified atom stereocenters. The van der Waals surface area contributed by atoms with E-state index in [0.29, 0.717) is 6.42 Å². The highest BCUT2D eigenvalue weighted by Crippen LogP contribution is 2.22. The van der Waals surface area contributed by atoms with Crippen molar-refractivity contribution in [2.24, 2.45) is 0 Å². The first-order valence-corrected chi connectivity index (χ1v) is 7.36. The van der Waals surface area contributed by atoms with Crippen molar-refractivity contribution < 1.29 is 4.39 Å². The fraction of sp³-hybridized carbons (Fsp3) is 0.333. The Kier molecular flexibility index (Phi) is 4.84. The van der Waals surface area contributed by atoms with Crippen LogP contribution in [0.25, 0.3) is 0 Å². The van der Waals surface area contributed by atoms with Crippen LogP contribution in [0.1, 0.15) is 24.4 Å². The van der Waals surface area contributed by atoms with Crippen molar-refractivity contribution in [3.05, 3.63) is 52.8 Å². The number of hydrogen-bond donors (Lipinski definition) is 0. The highest BCUT2D eigenvalue weighted by Gasteiger charge is 2.11. The van der Waals surface area contributed by atoms with Crippen LogP contribution in [0.2, 0.25) is 0 Å². The third kappa shape index (κ3) is 3.87. The molecule has 0 aliphatic rings. The lowest BCUT2D eigenvalue weighted by atomic mass is 10.2. The Balaban J connectivity index is 2.08. The van der Waals surface area contributed by atoms with Gasteiger partial charge in [0.15, 0.2) is 0 Å². The van der Waals surface area contributed by atoms with E-state index in [1.165, 1.54) is 12.1 Å². The van der Waals surface area contributed by atoms with Gasteiger partial charge in [-0.1, -0.05) is 35.6 Å². The van der Waals surface area contributed by atoms with E-state index in [1.807, 2.05) is 6.92 Å². The Bertz CT molecular complexity index is 577. The number of likely N-dealkylation sites (N-methyl/N-ethyl adjacent to an activating group) is 1. The molecule has 0 radical (unpaired) electrons. The Morgan fingerprint density at radius 3 is 2.60 bits per heavy atom. The SMILES string of the molecule is C=C(C)CN(CC)c1nnc(Cc2ccc(F)cc2)s1. The summed E-state index contributed by atoms with van der Waals surface area (Å²) in [5.74, 6) is -0.217. The van der Waals surface area contributed by atoms with E-state index in [9.17, 15) is 4.39 Å². The molecule has 0 spiro atoms. The zero-order chi connectivity index (χ0) is 14.5. The third-order valence-electron chi connectivity index (χ3n) is 2.84. The quantitative estimate of drug-likeness (QED) is 0.760. The molecule has 3 nitrogen and oxygen atoms in total. The molecule has 0 aliphatic heterocycles. The minimum Gasteiger partial charge on any atom is -0.343 e. The second-order valence-electron chi connectivity index (χ2n) is 4.75. The highest BCUT2D eigenvalue weighted by atomic mass is 32.1. The molecule has 2 rings (SSSR count). The summed E-state index contributed by atoms with van der Waals surface area (Å²) in [6.07, 6.45) is 0.683. The molecule has 0 saturated carbocycles. The molecule has 20 heavy (non-hydrogen) atoms. The third-order valence-corrected chi connectivity index (χ3v) is 3.82. The van der Waals surface area contributed by atoms with E-state index in [-0.39, 0.29) is 5.82 Å².